The zero-order valence-electron chi connectivity index (χ0n) is 11.3. The standard InChI is InChI=1S/C11H18N4O4/c1-4-12-9(16)7-15-8(2)10(13-14-15)11(17)19-6-5-18-3/h4-7H2,1-3H3,(H,12,16). The SMILES string of the molecule is CCNC(=O)Cn1nnc(C(=O)OCCOC)c1C. The minimum atomic E-state index is -0.573. The molecule has 0 atom stereocenters. The minimum absolute atomic E-state index is 0.0258. The lowest BCUT2D eigenvalue weighted by atomic mass is 10.3. The summed E-state index contributed by atoms with van der Waals surface area (Å²) < 4.78 is 11.1. The van der Waals surface area contributed by atoms with Crippen molar-refractivity contribution < 1.29 is 19.1 Å². The van der Waals surface area contributed by atoms with Gasteiger partial charge in [-0.1, -0.05) is 5.21 Å². The van der Waals surface area contributed by atoms with Crippen LogP contribution in [0.5, 0.6) is 0 Å². The van der Waals surface area contributed by atoms with Gasteiger partial charge in [0.2, 0.25) is 5.91 Å². The molecule has 0 unspecified atom stereocenters. The first kappa shape index (κ1) is 15.1. The molecule has 19 heavy (non-hydrogen) atoms. The third kappa shape index (κ3) is 4.32. The van der Waals surface area contributed by atoms with E-state index >= 15 is 0 Å². The molecule has 0 aliphatic heterocycles. The Bertz CT molecular complexity index is 444. The maximum Gasteiger partial charge on any atom is 0.360 e. The van der Waals surface area contributed by atoms with Gasteiger partial charge in [0.1, 0.15) is 13.2 Å². The van der Waals surface area contributed by atoms with Gasteiger partial charge in [0, 0.05) is 13.7 Å². The number of nitrogens with zero attached hydrogens (tertiary/aromatic N) is 3. The number of carbonyl (C=O) groups excluding carboxylic acids is 2. The van der Waals surface area contributed by atoms with Gasteiger partial charge in [-0.05, 0) is 13.8 Å². The Kier molecular flexibility index (Phi) is 5.94. The third-order valence-electron chi connectivity index (χ3n) is 2.36. The third-order valence-corrected chi connectivity index (χ3v) is 2.36. The van der Waals surface area contributed by atoms with Gasteiger partial charge in [0.25, 0.3) is 0 Å². The number of rotatable bonds is 7. The van der Waals surface area contributed by atoms with Crippen molar-refractivity contribution in [3.8, 4) is 0 Å². The first-order valence-corrected chi connectivity index (χ1v) is 5.93. The number of amides is 1. The molecule has 8 nitrogen and oxygen atoms in total. The fraction of sp³-hybridized carbons (Fsp3) is 0.636. The van der Waals surface area contributed by atoms with E-state index in [4.69, 9.17) is 9.47 Å². The lowest BCUT2D eigenvalue weighted by Crippen LogP contribution is -2.28. The second-order valence-electron chi connectivity index (χ2n) is 3.76. The highest BCUT2D eigenvalue weighted by atomic mass is 16.6. The van der Waals surface area contributed by atoms with Crippen molar-refractivity contribution in [3.05, 3.63) is 11.4 Å². The summed E-state index contributed by atoms with van der Waals surface area (Å²) in [5, 5.41) is 10.1. The first-order chi connectivity index (χ1) is 9.10. The van der Waals surface area contributed by atoms with Gasteiger partial charge in [0.05, 0.1) is 12.3 Å². The van der Waals surface area contributed by atoms with E-state index in [9.17, 15) is 9.59 Å². The van der Waals surface area contributed by atoms with Crippen molar-refractivity contribution in [3.63, 3.8) is 0 Å². The number of hydrogen-bond donors (Lipinski definition) is 1. The molecule has 0 saturated carbocycles. The summed E-state index contributed by atoms with van der Waals surface area (Å²) >= 11 is 0. The van der Waals surface area contributed by atoms with Crippen LogP contribution in [0.4, 0.5) is 0 Å². The molecule has 0 saturated heterocycles. The van der Waals surface area contributed by atoms with Crippen molar-refractivity contribution in [2.75, 3.05) is 26.9 Å². The van der Waals surface area contributed by atoms with Gasteiger partial charge in [-0.3, -0.25) is 4.79 Å². The molecule has 0 bridgehead atoms. The predicted molar refractivity (Wildman–Crippen MR) is 65.6 cm³/mol. The lowest BCUT2D eigenvalue weighted by molar-refractivity contribution is -0.121. The summed E-state index contributed by atoms with van der Waals surface area (Å²) in [7, 11) is 1.52. The van der Waals surface area contributed by atoms with Crippen LogP contribution in [0.15, 0.2) is 0 Å². The molecular weight excluding hydrogens is 252 g/mol. The fourth-order valence-corrected chi connectivity index (χ4v) is 1.37. The highest BCUT2D eigenvalue weighted by Crippen LogP contribution is 2.05. The van der Waals surface area contributed by atoms with Crippen LogP contribution in [0, 0.1) is 6.92 Å². The summed E-state index contributed by atoms with van der Waals surface area (Å²) in [6, 6.07) is 0. The van der Waals surface area contributed by atoms with E-state index in [1.807, 2.05) is 6.92 Å². The molecule has 1 rings (SSSR count). The van der Waals surface area contributed by atoms with E-state index in [1.165, 1.54) is 11.8 Å². The molecule has 1 N–H and O–H groups in total. The van der Waals surface area contributed by atoms with Crippen molar-refractivity contribution in [2.24, 2.45) is 0 Å². The maximum absolute atomic E-state index is 11.7. The summed E-state index contributed by atoms with van der Waals surface area (Å²) in [4.78, 5) is 23.1. The van der Waals surface area contributed by atoms with Crippen molar-refractivity contribution in [2.45, 2.75) is 20.4 Å². The Morgan fingerprint density at radius 3 is 2.74 bits per heavy atom. The van der Waals surface area contributed by atoms with Crippen LogP contribution in [0.3, 0.4) is 0 Å². The molecule has 8 heteroatoms. The number of nitrogens with one attached hydrogen (secondary N) is 1. The minimum Gasteiger partial charge on any atom is -0.458 e. The van der Waals surface area contributed by atoms with Crippen LogP contribution in [-0.4, -0.2) is 53.7 Å². The van der Waals surface area contributed by atoms with Crippen LogP contribution < -0.4 is 5.32 Å². The number of hydrogen-bond acceptors (Lipinski definition) is 6. The quantitative estimate of drug-likeness (QED) is 0.531. The summed E-state index contributed by atoms with van der Waals surface area (Å²) in [5.41, 5.74) is 0.606. The van der Waals surface area contributed by atoms with E-state index in [1.54, 1.807) is 6.92 Å². The van der Waals surface area contributed by atoms with E-state index in [0.717, 1.165) is 0 Å². The van der Waals surface area contributed by atoms with E-state index in [0.29, 0.717) is 18.8 Å². The molecule has 1 amide bonds. The van der Waals surface area contributed by atoms with Crippen LogP contribution >= 0.6 is 0 Å². The molecule has 1 aromatic heterocycles. The maximum atomic E-state index is 11.7. The molecule has 0 radical (unpaired) electrons. The molecule has 0 fully saturated rings. The fourth-order valence-electron chi connectivity index (χ4n) is 1.37. The van der Waals surface area contributed by atoms with Crippen LogP contribution in [0.2, 0.25) is 0 Å². The highest BCUT2D eigenvalue weighted by Gasteiger charge is 2.18. The average Bonchev–Trinajstić information content (AvgIpc) is 2.71. The highest BCUT2D eigenvalue weighted by molar-refractivity contribution is 5.88. The summed E-state index contributed by atoms with van der Waals surface area (Å²) in [6.45, 7) is 4.52. The normalized spacial score (nSPS) is 10.3. The molecule has 106 valence electrons. The monoisotopic (exact) mass is 270 g/mol. The van der Waals surface area contributed by atoms with Crippen LogP contribution in [-0.2, 0) is 20.8 Å². The van der Waals surface area contributed by atoms with Crippen molar-refractivity contribution in [1.29, 1.82) is 0 Å². The van der Waals surface area contributed by atoms with Gasteiger partial charge in [-0.2, -0.15) is 0 Å². The molecular formula is C11H18N4O4. The predicted octanol–water partition coefficient (Wildman–Crippen LogP) is -0.474. The Morgan fingerprint density at radius 1 is 1.37 bits per heavy atom. The number of ether oxygens (including phenoxy) is 2. The summed E-state index contributed by atoms with van der Waals surface area (Å²) in [6.07, 6.45) is 0. The lowest BCUT2D eigenvalue weighted by Gasteiger charge is -2.04. The van der Waals surface area contributed by atoms with Crippen LogP contribution in [0.25, 0.3) is 0 Å². The number of esters is 1. The van der Waals surface area contributed by atoms with E-state index in [2.05, 4.69) is 15.6 Å². The van der Waals surface area contributed by atoms with E-state index in [-0.39, 0.29) is 24.8 Å². The van der Waals surface area contributed by atoms with Crippen molar-refractivity contribution >= 4 is 11.9 Å². The zero-order chi connectivity index (χ0) is 14.3. The van der Waals surface area contributed by atoms with Gasteiger partial charge in [-0.25, -0.2) is 9.48 Å². The van der Waals surface area contributed by atoms with Gasteiger partial charge in [0.15, 0.2) is 5.69 Å². The summed E-state index contributed by atoms with van der Waals surface area (Å²) in [5.74, 6) is -0.758. The van der Waals surface area contributed by atoms with Crippen molar-refractivity contribution in [1.82, 2.24) is 20.3 Å². The zero-order valence-corrected chi connectivity index (χ0v) is 11.3. The molecule has 1 aromatic rings. The second-order valence-corrected chi connectivity index (χ2v) is 3.76. The number of aromatic nitrogens is 3. The Balaban J connectivity index is 2.64. The Morgan fingerprint density at radius 2 is 2.11 bits per heavy atom. The Labute approximate surface area is 111 Å². The van der Waals surface area contributed by atoms with Gasteiger partial charge in [-0.15, -0.1) is 5.10 Å². The molecule has 0 spiro atoms. The Hall–Kier alpha value is -1.96. The topological polar surface area (TPSA) is 95.3 Å². The van der Waals surface area contributed by atoms with E-state index < -0.39 is 5.97 Å². The number of likely N-dealkylation sites (N-methyl/N-ethyl adjacent to an activating group) is 1. The van der Waals surface area contributed by atoms with Gasteiger partial charge >= 0.3 is 5.97 Å². The second kappa shape index (κ2) is 7.47. The number of carbonyl (C=O) groups is 2. The van der Waals surface area contributed by atoms with Crippen LogP contribution in [0.1, 0.15) is 23.1 Å². The molecule has 0 aliphatic carbocycles. The average molecular weight is 270 g/mol. The largest absolute Gasteiger partial charge is 0.458 e. The van der Waals surface area contributed by atoms with Gasteiger partial charge < -0.3 is 14.8 Å². The molecule has 0 aromatic carbocycles. The smallest absolute Gasteiger partial charge is 0.360 e. The molecule has 0 aliphatic rings. The molecule has 1 heterocycles. The first-order valence-electron chi connectivity index (χ1n) is 5.93. The number of methoxy groups -OCH3 is 1.